The molecule has 1 aliphatic rings. The number of rotatable bonds is 0. The number of hydrogen-bond donors (Lipinski definition) is 0. The van der Waals surface area contributed by atoms with Gasteiger partial charge in [-0.2, -0.15) is 0 Å². The van der Waals surface area contributed by atoms with E-state index in [0.717, 1.165) is 0 Å². The van der Waals surface area contributed by atoms with Crippen LogP contribution in [0.2, 0.25) is 0 Å². The van der Waals surface area contributed by atoms with Crippen LogP contribution in [0.25, 0.3) is 43.4 Å². The Bertz CT molecular complexity index is 1390. The Balaban J connectivity index is 1.90. The molecule has 0 fully saturated rings. The Morgan fingerprint density at radius 1 is 0.556 bits per heavy atom. The third-order valence-corrected chi connectivity index (χ3v) is 6.39. The van der Waals surface area contributed by atoms with Gasteiger partial charge in [0.25, 0.3) is 0 Å². The first-order valence-corrected chi connectivity index (χ1v) is 9.64. The topological polar surface area (TPSA) is 0 Å². The van der Waals surface area contributed by atoms with E-state index in [0.29, 0.717) is 0 Å². The van der Waals surface area contributed by atoms with Crippen LogP contribution in [0.3, 0.4) is 0 Å². The highest BCUT2D eigenvalue weighted by atomic mass is 14.4. The highest BCUT2D eigenvalue weighted by Gasteiger charge is 2.38. The molecule has 0 spiro atoms. The number of fused-ring (bicyclic) bond motifs is 9. The lowest BCUT2D eigenvalue weighted by molar-refractivity contribution is 0.667. The van der Waals surface area contributed by atoms with Crippen molar-refractivity contribution in [2.75, 3.05) is 0 Å². The highest BCUT2D eigenvalue weighted by Crippen LogP contribution is 2.55. The van der Waals surface area contributed by atoms with Crippen molar-refractivity contribution in [1.82, 2.24) is 0 Å². The quantitative estimate of drug-likeness (QED) is 0.256. The lowest BCUT2D eigenvalue weighted by Crippen LogP contribution is -2.15. The smallest absolute Gasteiger partial charge is 0.0165 e. The summed E-state index contributed by atoms with van der Waals surface area (Å²) in [6, 6.07) is 31.3. The van der Waals surface area contributed by atoms with Crippen molar-refractivity contribution in [2.24, 2.45) is 0 Å². The van der Waals surface area contributed by atoms with Crippen molar-refractivity contribution >= 4 is 32.3 Å². The van der Waals surface area contributed by atoms with Crippen LogP contribution in [0.15, 0.2) is 84.9 Å². The average molecular weight is 344 g/mol. The van der Waals surface area contributed by atoms with E-state index in [1.54, 1.807) is 0 Å². The molecule has 0 heteroatoms. The lowest BCUT2D eigenvalue weighted by Gasteiger charge is -2.24. The van der Waals surface area contributed by atoms with Gasteiger partial charge < -0.3 is 0 Å². The van der Waals surface area contributed by atoms with Gasteiger partial charge in [-0.1, -0.05) is 86.6 Å². The minimum Gasteiger partial charge on any atom is -0.0616 e. The Kier molecular flexibility index (Phi) is 2.77. The van der Waals surface area contributed by atoms with E-state index >= 15 is 0 Å². The van der Waals surface area contributed by atoms with E-state index in [1.807, 2.05) is 0 Å². The minimum absolute atomic E-state index is 0.0155. The van der Waals surface area contributed by atoms with Crippen LogP contribution in [-0.2, 0) is 5.41 Å². The Labute approximate surface area is 159 Å². The van der Waals surface area contributed by atoms with E-state index in [2.05, 4.69) is 98.8 Å². The van der Waals surface area contributed by atoms with Gasteiger partial charge in [0.05, 0.1) is 0 Å². The summed E-state index contributed by atoms with van der Waals surface area (Å²) < 4.78 is 0. The third-order valence-electron chi connectivity index (χ3n) is 6.39. The minimum atomic E-state index is -0.0155. The Morgan fingerprint density at radius 3 is 1.78 bits per heavy atom. The van der Waals surface area contributed by atoms with Crippen LogP contribution < -0.4 is 0 Å². The molecule has 0 N–H and O–H groups in total. The molecule has 0 saturated carbocycles. The molecule has 128 valence electrons. The predicted octanol–water partition coefficient (Wildman–Crippen LogP) is 7.45. The molecule has 0 saturated heterocycles. The maximum absolute atomic E-state index is 2.41. The van der Waals surface area contributed by atoms with Crippen LogP contribution >= 0.6 is 0 Å². The predicted molar refractivity (Wildman–Crippen MR) is 117 cm³/mol. The molecule has 1 aliphatic carbocycles. The van der Waals surface area contributed by atoms with Crippen LogP contribution in [0.5, 0.6) is 0 Å². The van der Waals surface area contributed by atoms with Crippen molar-refractivity contribution in [3.63, 3.8) is 0 Å². The number of hydrogen-bond acceptors (Lipinski definition) is 0. The molecule has 0 bridgehead atoms. The molecule has 0 unspecified atom stereocenters. The molecule has 27 heavy (non-hydrogen) atoms. The molecule has 0 aliphatic heterocycles. The van der Waals surface area contributed by atoms with Crippen LogP contribution in [-0.4, -0.2) is 0 Å². The lowest BCUT2D eigenvalue weighted by atomic mass is 9.79. The van der Waals surface area contributed by atoms with E-state index in [-0.39, 0.29) is 5.41 Å². The Morgan fingerprint density at radius 2 is 1.07 bits per heavy atom. The zero-order chi connectivity index (χ0) is 18.2. The third kappa shape index (κ3) is 1.83. The van der Waals surface area contributed by atoms with Crippen molar-refractivity contribution in [3.05, 3.63) is 96.1 Å². The molecule has 0 heterocycles. The maximum Gasteiger partial charge on any atom is 0.0165 e. The van der Waals surface area contributed by atoms with Crippen LogP contribution in [0.4, 0.5) is 0 Å². The summed E-state index contributed by atoms with van der Waals surface area (Å²) in [5.74, 6) is 0. The first kappa shape index (κ1) is 15.0. The highest BCUT2D eigenvalue weighted by molar-refractivity contribution is 6.18. The standard InChI is InChI=1S/C27H20/c1-27(2)24-16-18-10-4-3-9-17(18)15-23(24)25-21-13-7-5-11-19(21)20-12-6-8-14-22(20)26(25)27/h3-16H,1-2H3. The van der Waals surface area contributed by atoms with Crippen molar-refractivity contribution in [1.29, 1.82) is 0 Å². The van der Waals surface area contributed by atoms with E-state index in [4.69, 9.17) is 0 Å². The summed E-state index contributed by atoms with van der Waals surface area (Å²) in [6.45, 7) is 4.77. The molecule has 0 aromatic heterocycles. The SMILES string of the molecule is CC1(C)c2cc3ccccc3cc2-c2c1c1ccccc1c1ccccc21. The second-order valence-corrected chi connectivity index (χ2v) is 8.21. The zero-order valence-electron chi connectivity index (χ0n) is 15.6. The van der Waals surface area contributed by atoms with E-state index in [1.165, 1.54) is 54.6 Å². The largest absolute Gasteiger partial charge is 0.0616 e. The van der Waals surface area contributed by atoms with Crippen molar-refractivity contribution < 1.29 is 0 Å². The van der Waals surface area contributed by atoms with Gasteiger partial charge in [-0.15, -0.1) is 0 Å². The van der Waals surface area contributed by atoms with Gasteiger partial charge in [-0.05, 0) is 66.7 Å². The zero-order valence-corrected chi connectivity index (χ0v) is 15.6. The first-order chi connectivity index (χ1) is 13.2. The molecule has 5 aromatic carbocycles. The summed E-state index contributed by atoms with van der Waals surface area (Å²) in [5.41, 5.74) is 5.73. The van der Waals surface area contributed by atoms with Crippen LogP contribution in [0.1, 0.15) is 25.0 Å². The van der Waals surface area contributed by atoms with Gasteiger partial charge in [0.15, 0.2) is 0 Å². The Hall–Kier alpha value is -3.12. The maximum atomic E-state index is 2.41. The summed E-state index contributed by atoms with van der Waals surface area (Å²) in [4.78, 5) is 0. The van der Waals surface area contributed by atoms with Gasteiger partial charge in [0, 0.05) is 5.41 Å². The fourth-order valence-corrected chi connectivity index (χ4v) is 5.17. The summed E-state index contributed by atoms with van der Waals surface area (Å²) in [6.07, 6.45) is 0. The average Bonchev–Trinajstić information content (AvgIpc) is 2.94. The van der Waals surface area contributed by atoms with Gasteiger partial charge in [-0.3, -0.25) is 0 Å². The first-order valence-electron chi connectivity index (χ1n) is 9.64. The number of benzene rings is 5. The normalized spacial score (nSPS) is 14.6. The molecule has 0 radical (unpaired) electrons. The summed E-state index contributed by atoms with van der Waals surface area (Å²) >= 11 is 0. The van der Waals surface area contributed by atoms with E-state index in [9.17, 15) is 0 Å². The molecule has 0 atom stereocenters. The second-order valence-electron chi connectivity index (χ2n) is 8.21. The van der Waals surface area contributed by atoms with Gasteiger partial charge in [0.2, 0.25) is 0 Å². The molecule has 6 rings (SSSR count). The summed E-state index contributed by atoms with van der Waals surface area (Å²) in [5, 5.41) is 8.11. The second kappa shape index (κ2) is 4.98. The van der Waals surface area contributed by atoms with Gasteiger partial charge in [0.1, 0.15) is 0 Å². The fraction of sp³-hybridized carbons (Fsp3) is 0.111. The molecule has 0 amide bonds. The van der Waals surface area contributed by atoms with Crippen molar-refractivity contribution in [3.8, 4) is 11.1 Å². The van der Waals surface area contributed by atoms with Gasteiger partial charge in [-0.25, -0.2) is 0 Å². The molecular weight excluding hydrogens is 324 g/mol. The fourth-order valence-electron chi connectivity index (χ4n) is 5.17. The monoisotopic (exact) mass is 344 g/mol. The van der Waals surface area contributed by atoms with Crippen LogP contribution in [0, 0.1) is 0 Å². The summed E-state index contributed by atoms with van der Waals surface area (Å²) in [7, 11) is 0. The molecular formula is C27H20. The van der Waals surface area contributed by atoms with Crippen molar-refractivity contribution in [2.45, 2.75) is 19.3 Å². The molecule has 5 aromatic rings. The molecule has 0 nitrogen and oxygen atoms in total. The van der Waals surface area contributed by atoms with Gasteiger partial charge >= 0.3 is 0 Å². The van der Waals surface area contributed by atoms with E-state index < -0.39 is 0 Å².